The van der Waals surface area contributed by atoms with E-state index < -0.39 is 0 Å². The maximum Gasteiger partial charge on any atom is 0.321 e. The van der Waals surface area contributed by atoms with Gasteiger partial charge in [-0.05, 0) is 25.1 Å². The molecule has 0 saturated carbocycles. The molecular formula is C11H14Cl2N2O2. The molecule has 0 aromatic heterocycles. The summed E-state index contributed by atoms with van der Waals surface area (Å²) < 4.78 is 0. The molecule has 0 aliphatic rings. The van der Waals surface area contributed by atoms with E-state index in [4.69, 9.17) is 28.3 Å². The van der Waals surface area contributed by atoms with E-state index in [9.17, 15) is 4.79 Å². The van der Waals surface area contributed by atoms with Gasteiger partial charge in [0, 0.05) is 12.1 Å². The van der Waals surface area contributed by atoms with Crippen molar-refractivity contribution < 1.29 is 9.90 Å². The van der Waals surface area contributed by atoms with E-state index in [0.717, 1.165) is 0 Å². The molecule has 1 rings (SSSR count). The molecular weight excluding hydrogens is 263 g/mol. The first-order valence-electron chi connectivity index (χ1n) is 5.05. The predicted molar refractivity (Wildman–Crippen MR) is 69.8 cm³/mol. The molecule has 0 aliphatic heterocycles. The van der Waals surface area contributed by atoms with Crippen molar-refractivity contribution >= 4 is 34.9 Å². The number of anilines is 1. The number of aliphatic hydroxyl groups is 1. The molecule has 1 unspecified atom stereocenters. The average Bonchev–Trinajstić information content (AvgIpc) is 2.30. The van der Waals surface area contributed by atoms with Crippen LogP contribution in [0.1, 0.15) is 6.92 Å². The van der Waals surface area contributed by atoms with Gasteiger partial charge in [0.15, 0.2) is 0 Å². The maximum atomic E-state index is 11.8. The number of hydrogen-bond acceptors (Lipinski definition) is 2. The highest BCUT2D eigenvalue weighted by molar-refractivity contribution is 6.36. The van der Waals surface area contributed by atoms with Gasteiger partial charge in [0.05, 0.1) is 23.4 Å². The number of aliphatic hydroxyl groups excluding tert-OH is 1. The molecule has 0 bridgehead atoms. The van der Waals surface area contributed by atoms with Gasteiger partial charge in [0.25, 0.3) is 0 Å². The predicted octanol–water partition coefficient (Wildman–Crippen LogP) is 2.84. The van der Waals surface area contributed by atoms with E-state index in [0.29, 0.717) is 15.7 Å². The van der Waals surface area contributed by atoms with Gasteiger partial charge in [-0.15, -0.1) is 0 Å². The Kier molecular flexibility index (Phi) is 5.05. The molecule has 0 spiro atoms. The highest BCUT2D eigenvalue weighted by Crippen LogP contribution is 2.25. The normalized spacial score (nSPS) is 12.1. The molecule has 0 heterocycles. The minimum Gasteiger partial charge on any atom is -0.394 e. The lowest BCUT2D eigenvalue weighted by Crippen LogP contribution is -2.40. The van der Waals surface area contributed by atoms with E-state index >= 15 is 0 Å². The third-order valence-corrected chi connectivity index (χ3v) is 2.97. The van der Waals surface area contributed by atoms with Gasteiger partial charge in [-0.25, -0.2) is 4.79 Å². The fourth-order valence-corrected chi connectivity index (χ4v) is 1.57. The summed E-state index contributed by atoms with van der Waals surface area (Å²) in [7, 11) is 1.60. The molecule has 17 heavy (non-hydrogen) atoms. The van der Waals surface area contributed by atoms with E-state index in [-0.39, 0.29) is 18.7 Å². The number of carbonyl (C=O) groups excluding carboxylic acids is 1. The Balaban J connectivity index is 2.74. The monoisotopic (exact) mass is 276 g/mol. The Labute approximate surface area is 110 Å². The number of nitrogens with one attached hydrogen (secondary N) is 1. The largest absolute Gasteiger partial charge is 0.394 e. The lowest BCUT2D eigenvalue weighted by Gasteiger charge is -2.23. The summed E-state index contributed by atoms with van der Waals surface area (Å²) in [6, 6.07) is 4.21. The summed E-state index contributed by atoms with van der Waals surface area (Å²) >= 11 is 11.7. The summed E-state index contributed by atoms with van der Waals surface area (Å²) in [4.78, 5) is 13.2. The molecule has 94 valence electrons. The van der Waals surface area contributed by atoms with Gasteiger partial charge >= 0.3 is 6.03 Å². The molecule has 0 radical (unpaired) electrons. The zero-order chi connectivity index (χ0) is 13.0. The van der Waals surface area contributed by atoms with Crippen LogP contribution in [0.15, 0.2) is 18.2 Å². The SMILES string of the molecule is CC(CO)N(C)C(=O)Nc1ccc(Cl)cc1Cl. The molecule has 1 atom stereocenters. The Hall–Kier alpha value is -0.970. The van der Waals surface area contributed by atoms with Crippen LogP contribution >= 0.6 is 23.2 Å². The third kappa shape index (κ3) is 3.77. The van der Waals surface area contributed by atoms with Crippen molar-refractivity contribution in [2.24, 2.45) is 0 Å². The highest BCUT2D eigenvalue weighted by atomic mass is 35.5. The van der Waals surface area contributed by atoms with Crippen molar-refractivity contribution in [3.05, 3.63) is 28.2 Å². The van der Waals surface area contributed by atoms with Crippen LogP contribution in [0.25, 0.3) is 0 Å². The standard InChI is InChI=1S/C11H14Cl2N2O2/c1-7(6-16)15(2)11(17)14-10-4-3-8(12)5-9(10)13/h3-5,7,16H,6H2,1-2H3,(H,14,17). The Morgan fingerprint density at radius 3 is 2.71 bits per heavy atom. The number of rotatable bonds is 3. The van der Waals surface area contributed by atoms with Crippen LogP contribution in [0.3, 0.4) is 0 Å². The number of nitrogens with zero attached hydrogens (tertiary/aromatic N) is 1. The average molecular weight is 277 g/mol. The summed E-state index contributed by atoms with van der Waals surface area (Å²) in [5.74, 6) is 0. The molecule has 2 amide bonds. The van der Waals surface area contributed by atoms with Gasteiger partial charge in [0.1, 0.15) is 0 Å². The van der Waals surface area contributed by atoms with Crippen LogP contribution in [0.4, 0.5) is 10.5 Å². The first kappa shape index (κ1) is 14.1. The zero-order valence-electron chi connectivity index (χ0n) is 9.58. The minimum atomic E-state index is -0.337. The van der Waals surface area contributed by atoms with Crippen LogP contribution in [0, 0.1) is 0 Å². The van der Waals surface area contributed by atoms with E-state index in [2.05, 4.69) is 5.32 Å². The maximum absolute atomic E-state index is 11.8. The number of hydrogen-bond donors (Lipinski definition) is 2. The summed E-state index contributed by atoms with van der Waals surface area (Å²) in [6.07, 6.45) is 0. The smallest absolute Gasteiger partial charge is 0.321 e. The van der Waals surface area contributed by atoms with Gasteiger partial charge in [-0.1, -0.05) is 23.2 Å². The Bertz CT molecular complexity index is 412. The quantitative estimate of drug-likeness (QED) is 0.892. The van der Waals surface area contributed by atoms with E-state index in [1.54, 1.807) is 32.2 Å². The number of amides is 2. The molecule has 2 N–H and O–H groups in total. The second kappa shape index (κ2) is 6.10. The molecule has 0 aliphatic carbocycles. The van der Waals surface area contributed by atoms with E-state index in [1.807, 2.05) is 0 Å². The Morgan fingerprint density at radius 2 is 2.18 bits per heavy atom. The fraction of sp³-hybridized carbons (Fsp3) is 0.364. The van der Waals surface area contributed by atoms with Gasteiger partial charge in [-0.3, -0.25) is 0 Å². The third-order valence-electron chi connectivity index (χ3n) is 2.42. The first-order chi connectivity index (χ1) is 7.95. The minimum absolute atomic E-state index is 0.0989. The van der Waals surface area contributed by atoms with Crippen molar-refractivity contribution in [3.63, 3.8) is 0 Å². The molecule has 1 aromatic rings. The molecule has 4 nitrogen and oxygen atoms in total. The number of likely N-dealkylation sites (N-methyl/N-ethyl adjacent to an activating group) is 1. The van der Waals surface area contributed by atoms with Gasteiger partial charge in [-0.2, -0.15) is 0 Å². The number of carbonyl (C=O) groups is 1. The van der Waals surface area contributed by atoms with Crippen LogP contribution < -0.4 is 5.32 Å². The highest BCUT2D eigenvalue weighted by Gasteiger charge is 2.15. The molecule has 0 saturated heterocycles. The molecule has 6 heteroatoms. The van der Waals surface area contributed by atoms with Crippen molar-refractivity contribution in [1.82, 2.24) is 4.90 Å². The van der Waals surface area contributed by atoms with Crippen molar-refractivity contribution in [3.8, 4) is 0 Å². The van der Waals surface area contributed by atoms with Crippen LogP contribution in [-0.4, -0.2) is 35.7 Å². The van der Waals surface area contributed by atoms with Crippen molar-refractivity contribution in [2.75, 3.05) is 19.0 Å². The summed E-state index contributed by atoms with van der Waals surface area (Å²) in [5, 5.41) is 12.5. The number of benzene rings is 1. The van der Waals surface area contributed by atoms with Gasteiger partial charge < -0.3 is 15.3 Å². The second-order valence-electron chi connectivity index (χ2n) is 3.70. The second-order valence-corrected chi connectivity index (χ2v) is 4.54. The molecule has 0 fully saturated rings. The van der Waals surface area contributed by atoms with E-state index in [1.165, 1.54) is 4.90 Å². The van der Waals surface area contributed by atoms with Crippen LogP contribution in [-0.2, 0) is 0 Å². The number of halogens is 2. The van der Waals surface area contributed by atoms with Crippen LogP contribution in [0.2, 0.25) is 10.0 Å². The lowest BCUT2D eigenvalue weighted by atomic mass is 10.3. The fourth-order valence-electron chi connectivity index (χ4n) is 1.12. The first-order valence-corrected chi connectivity index (χ1v) is 5.81. The topological polar surface area (TPSA) is 52.6 Å². The lowest BCUT2D eigenvalue weighted by molar-refractivity contribution is 0.166. The zero-order valence-corrected chi connectivity index (χ0v) is 11.1. The summed E-state index contributed by atoms with van der Waals surface area (Å²) in [6.45, 7) is 1.64. The number of urea groups is 1. The Morgan fingerprint density at radius 1 is 1.53 bits per heavy atom. The van der Waals surface area contributed by atoms with Crippen molar-refractivity contribution in [1.29, 1.82) is 0 Å². The summed E-state index contributed by atoms with van der Waals surface area (Å²) in [5.41, 5.74) is 0.484. The molecule has 1 aromatic carbocycles. The van der Waals surface area contributed by atoms with Crippen molar-refractivity contribution in [2.45, 2.75) is 13.0 Å². The van der Waals surface area contributed by atoms with Crippen LogP contribution in [0.5, 0.6) is 0 Å². The van der Waals surface area contributed by atoms with Gasteiger partial charge in [0.2, 0.25) is 0 Å².